The molecule has 6 heteroatoms. The summed E-state index contributed by atoms with van der Waals surface area (Å²) in [6, 6.07) is 0. The van der Waals surface area contributed by atoms with Gasteiger partial charge in [0.05, 0.1) is 11.9 Å². The fourth-order valence-corrected chi connectivity index (χ4v) is 0.760. The van der Waals surface area contributed by atoms with Crippen LogP contribution in [0.5, 0.6) is 0 Å². The summed E-state index contributed by atoms with van der Waals surface area (Å²) < 4.78 is 0. The number of carbonyl (C=O) groups excluding carboxylic acids is 2. The summed E-state index contributed by atoms with van der Waals surface area (Å²) >= 11 is 0. The molecule has 0 aliphatic carbocycles. The molecule has 0 aromatic heterocycles. The molecule has 0 N–H and O–H groups in total. The third kappa shape index (κ3) is 10.5. The molecule has 0 saturated carbocycles. The maximum absolute atomic E-state index is 10.1. The van der Waals surface area contributed by atoms with Gasteiger partial charge in [-0.15, -0.1) is 0 Å². The van der Waals surface area contributed by atoms with E-state index in [4.69, 9.17) is 0 Å². The Hall–Kier alpha value is 2.21. The van der Waals surface area contributed by atoms with Crippen molar-refractivity contribution < 1.29 is 123 Å². The zero-order valence-electron chi connectivity index (χ0n) is 8.49. The third-order valence-electron chi connectivity index (χ3n) is 1.28. The molecular weight excluding hydrogens is 226 g/mol. The van der Waals surface area contributed by atoms with Gasteiger partial charge in [-0.05, 0) is 12.3 Å². The van der Waals surface area contributed by atoms with E-state index in [1.54, 1.807) is 13.8 Å². The predicted octanol–water partition coefficient (Wildman–Crippen LogP) is -7.84. The summed E-state index contributed by atoms with van der Waals surface area (Å²) in [5.41, 5.74) is 0. The van der Waals surface area contributed by atoms with Crippen LogP contribution < -0.4 is 113 Å². The molecule has 0 heterocycles. The Morgan fingerprint density at radius 3 is 1.46 bits per heavy atom. The first-order valence-electron chi connectivity index (χ1n) is 3.37. The molecule has 0 unspecified atom stereocenters. The summed E-state index contributed by atoms with van der Waals surface area (Å²) in [7, 11) is 0. The van der Waals surface area contributed by atoms with Gasteiger partial charge in [0.15, 0.2) is 0 Å². The van der Waals surface area contributed by atoms with Crippen molar-refractivity contribution in [1.29, 1.82) is 0 Å². The smallest absolute Gasteiger partial charge is 0.549 e. The molecule has 64 valence electrons. The van der Waals surface area contributed by atoms with Gasteiger partial charge in [0.25, 0.3) is 0 Å². The molecular formula is C7H10K2O4. The Labute approximate surface area is 163 Å². The van der Waals surface area contributed by atoms with Crippen molar-refractivity contribution in [3.63, 3.8) is 0 Å². The van der Waals surface area contributed by atoms with Gasteiger partial charge in [-0.25, -0.2) is 0 Å². The molecule has 0 bridgehead atoms. The normalized spacial score (nSPS) is 8.92. The molecule has 0 radical (unpaired) electrons. The van der Waals surface area contributed by atoms with E-state index >= 15 is 0 Å². The minimum Gasteiger partial charge on any atom is -0.549 e. The van der Waals surface area contributed by atoms with Gasteiger partial charge < -0.3 is 19.8 Å². The van der Waals surface area contributed by atoms with Crippen molar-refractivity contribution in [3.8, 4) is 0 Å². The van der Waals surface area contributed by atoms with Crippen LogP contribution in [-0.2, 0) is 9.59 Å². The number of carbonyl (C=O) groups is 2. The first kappa shape index (κ1) is 20.6. The zero-order valence-corrected chi connectivity index (χ0v) is 14.7. The molecule has 0 amide bonds. The van der Waals surface area contributed by atoms with E-state index in [0.717, 1.165) is 0 Å². The second kappa shape index (κ2) is 10.7. The predicted molar refractivity (Wildman–Crippen MR) is 33.0 cm³/mol. The third-order valence-corrected chi connectivity index (χ3v) is 1.28. The second-order valence-corrected chi connectivity index (χ2v) is 2.82. The van der Waals surface area contributed by atoms with Crippen molar-refractivity contribution in [3.05, 3.63) is 0 Å². The summed E-state index contributed by atoms with van der Waals surface area (Å²) in [6.45, 7) is 3.47. The standard InChI is InChI=1S/C7H12O4.2K/c1-4(2)3-5(6(8)9)7(10)11;;/h4-5H,3H2,1-2H3,(H,8,9)(H,10,11);;/q;2*+1/p-2. The number of hydrogen-bond acceptors (Lipinski definition) is 4. The SMILES string of the molecule is CC(C)CC(C(=O)[O-])C(=O)[O-].[K+].[K+]. The number of rotatable bonds is 4. The van der Waals surface area contributed by atoms with Gasteiger partial charge in [0.1, 0.15) is 0 Å². The Balaban J connectivity index is -0.000000500. The van der Waals surface area contributed by atoms with E-state index in [1.807, 2.05) is 0 Å². The fourth-order valence-electron chi connectivity index (χ4n) is 0.760. The summed E-state index contributed by atoms with van der Waals surface area (Å²) in [5, 5.41) is 20.3. The average molecular weight is 236 g/mol. The number of hydrogen-bond donors (Lipinski definition) is 0. The molecule has 0 aliphatic rings. The van der Waals surface area contributed by atoms with Crippen molar-refractivity contribution in [1.82, 2.24) is 0 Å². The Morgan fingerprint density at radius 2 is 1.38 bits per heavy atom. The molecule has 4 nitrogen and oxygen atoms in total. The van der Waals surface area contributed by atoms with Crippen molar-refractivity contribution in [2.75, 3.05) is 0 Å². The number of carboxylic acid groups (broad SMARTS) is 2. The minimum atomic E-state index is -1.57. The second-order valence-electron chi connectivity index (χ2n) is 2.82. The van der Waals surface area contributed by atoms with Crippen LogP contribution in [0, 0.1) is 11.8 Å². The fraction of sp³-hybridized carbons (Fsp3) is 0.714. The number of carboxylic acids is 2. The molecule has 0 aromatic carbocycles. The monoisotopic (exact) mass is 236 g/mol. The first-order valence-corrected chi connectivity index (χ1v) is 3.37. The summed E-state index contributed by atoms with van der Waals surface area (Å²) in [5.74, 6) is -4.61. The molecule has 0 saturated heterocycles. The van der Waals surface area contributed by atoms with E-state index < -0.39 is 17.9 Å². The van der Waals surface area contributed by atoms with Crippen LogP contribution in [0.15, 0.2) is 0 Å². The van der Waals surface area contributed by atoms with Crippen LogP contribution in [-0.4, -0.2) is 11.9 Å². The van der Waals surface area contributed by atoms with Crippen molar-refractivity contribution in [2.45, 2.75) is 20.3 Å². The van der Waals surface area contributed by atoms with Crippen LogP contribution in [0.25, 0.3) is 0 Å². The maximum Gasteiger partial charge on any atom is 1.00 e. The van der Waals surface area contributed by atoms with E-state index in [2.05, 4.69) is 0 Å². The van der Waals surface area contributed by atoms with Crippen LogP contribution in [0.4, 0.5) is 0 Å². The van der Waals surface area contributed by atoms with Gasteiger partial charge in [0.2, 0.25) is 0 Å². The molecule has 0 aliphatic heterocycles. The largest absolute Gasteiger partial charge is 1.00 e. The topological polar surface area (TPSA) is 80.3 Å². The Kier molecular flexibility index (Phi) is 17.0. The van der Waals surface area contributed by atoms with Gasteiger partial charge in [-0.3, -0.25) is 0 Å². The van der Waals surface area contributed by atoms with Gasteiger partial charge in [0, 0.05) is 5.92 Å². The van der Waals surface area contributed by atoms with E-state index in [9.17, 15) is 19.8 Å². The molecule has 13 heavy (non-hydrogen) atoms. The molecule has 0 fully saturated rings. The quantitative estimate of drug-likeness (QED) is 0.359. The molecule has 0 atom stereocenters. The van der Waals surface area contributed by atoms with Crippen molar-refractivity contribution in [2.24, 2.45) is 11.8 Å². The average Bonchev–Trinajstić information content (AvgIpc) is 1.81. The summed E-state index contributed by atoms with van der Waals surface area (Å²) in [4.78, 5) is 20.3. The first-order chi connectivity index (χ1) is 4.95. The van der Waals surface area contributed by atoms with E-state index in [1.165, 1.54) is 0 Å². The van der Waals surface area contributed by atoms with Crippen LogP contribution in [0.1, 0.15) is 20.3 Å². The van der Waals surface area contributed by atoms with Crippen LogP contribution in [0.3, 0.4) is 0 Å². The molecule has 0 aromatic rings. The van der Waals surface area contributed by atoms with Gasteiger partial charge in [-0.2, -0.15) is 0 Å². The molecule has 0 rings (SSSR count). The molecule has 0 spiro atoms. The maximum atomic E-state index is 10.1. The van der Waals surface area contributed by atoms with Crippen LogP contribution >= 0.6 is 0 Å². The minimum absolute atomic E-state index is 0. The summed E-state index contributed by atoms with van der Waals surface area (Å²) in [6.07, 6.45) is 0.0602. The van der Waals surface area contributed by atoms with Crippen LogP contribution in [0.2, 0.25) is 0 Å². The zero-order chi connectivity index (χ0) is 9.02. The van der Waals surface area contributed by atoms with Gasteiger partial charge >= 0.3 is 103 Å². The van der Waals surface area contributed by atoms with E-state index in [0.29, 0.717) is 0 Å². The number of aliphatic carboxylic acids is 2. The van der Waals surface area contributed by atoms with E-state index in [-0.39, 0.29) is 115 Å². The van der Waals surface area contributed by atoms with Crippen molar-refractivity contribution >= 4 is 11.9 Å². The Morgan fingerprint density at radius 1 is 1.08 bits per heavy atom. The Bertz CT molecular complexity index is 156. The van der Waals surface area contributed by atoms with Gasteiger partial charge in [-0.1, -0.05) is 13.8 Å².